The Labute approximate surface area is 91.1 Å². The average Bonchev–Trinajstić information content (AvgIpc) is 2.27. The SMILES string of the molecule is Nc1ccc(Cn2ncccc2=O)cc1F. The Kier molecular flexibility index (Phi) is 2.68. The van der Waals surface area contributed by atoms with Gasteiger partial charge in [0.05, 0.1) is 12.2 Å². The van der Waals surface area contributed by atoms with E-state index >= 15 is 0 Å². The van der Waals surface area contributed by atoms with Crippen LogP contribution < -0.4 is 11.3 Å². The molecule has 2 rings (SSSR count). The Hall–Kier alpha value is -2.17. The van der Waals surface area contributed by atoms with Gasteiger partial charge in [-0.1, -0.05) is 6.07 Å². The molecule has 1 aromatic carbocycles. The van der Waals surface area contributed by atoms with Crippen LogP contribution in [0.15, 0.2) is 41.3 Å². The zero-order valence-corrected chi connectivity index (χ0v) is 8.43. The van der Waals surface area contributed by atoms with E-state index in [1.807, 2.05) is 0 Å². The first-order chi connectivity index (χ1) is 7.66. The van der Waals surface area contributed by atoms with E-state index < -0.39 is 5.82 Å². The number of anilines is 1. The third-order valence-electron chi connectivity index (χ3n) is 2.18. The number of rotatable bonds is 2. The average molecular weight is 219 g/mol. The molecule has 1 aromatic heterocycles. The van der Waals surface area contributed by atoms with Gasteiger partial charge < -0.3 is 5.73 Å². The Morgan fingerprint density at radius 1 is 1.38 bits per heavy atom. The van der Waals surface area contributed by atoms with E-state index in [1.165, 1.54) is 29.1 Å². The van der Waals surface area contributed by atoms with Crippen LogP contribution >= 0.6 is 0 Å². The molecule has 2 N–H and O–H groups in total. The summed E-state index contributed by atoms with van der Waals surface area (Å²) in [4.78, 5) is 11.4. The summed E-state index contributed by atoms with van der Waals surface area (Å²) < 4.78 is 14.4. The van der Waals surface area contributed by atoms with Gasteiger partial charge in [0, 0.05) is 12.3 Å². The first kappa shape index (κ1) is 10.4. The van der Waals surface area contributed by atoms with Crippen molar-refractivity contribution < 1.29 is 4.39 Å². The molecular formula is C11H10FN3O. The van der Waals surface area contributed by atoms with Crippen molar-refractivity contribution in [1.82, 2.24) is 9.78 Å². The number of hydrogen-bond donors (Lipinski definition) is 1. The standard InChI is InChI=1S/C11H10FN3O/c12-9-6-8(3-4-10(9)13)7-15-11(16)2-1-5-14-15/h1-6H,7,13H2. The smallest absolute Gasteiger partial charge is 0.267 e. The first-order valence-corrected chi connectivity index (χ1v) is 4.73. The molecule has 0 fully saturated rings. The van der Waals surface area contributed by atoms with Crippen molar-refractivity contribution in [2.45, 2.75) is 6.54 Å². The maximum atomic E-state index is 13.1. The van der Waals surface area contributed by atoms with Crippen molar-refractivity contribution in [3.8, 4) is 0 Å². The minimum atomic E-state index is -0.485. The highest BCUT2D eigenvalue weighted by Gasteiger charge is 2.02. The second-order valence-electron chi connectivity index (χ2n) is 3.38. The number of hydrogen-bond acceptors (Lipinski definition) is 3. The highest BCUT2D eigenvalue weighted by molar-refractivity contribution is 5.41. The lowest BCUT2D eigenvalue weighted by atomic mass is 10.2. The Bertz CT molecular complexity index is 565. The fraction of sp³-hybridized carbons (Fsp3) is 0.0909. The predicted molar refractivity (Wildman–Crippen MR) is 58.4 cm³/mol. The summed E-state index contributed by atoms with van der Waals surface area (Å²) in [5, 5.41) is 3.88. The van der Waals surface area contributed by atoms with E-state index in [2.05, 4.69) is 5.10 Å². The van der Waals surface area contributed by atoms with Crippen LogP contribution in [0, 0.1) is 5.82 Å². The van der Waals surface area contributed by atoms with Crippen LogP contribution in [0.5, 0.6) is 0 Å². The van der Waals surface area contributed by atoms with Crippen molar-refractivity contribution in [2.75, 3.05) is 5.73 Å². The molecule has 82 valence electrons. The summed E-state index contributed by atoms with van der Waals surface area (Å²) in [6, 6.07) is 7.40. The molecule has 0 amide bonds. The lowest BCUT2D eigenvalue weighted by Crippen LogP contribution is -2.21. The van der Waals surface area contributed by atoms with Gasteiger partial charge in [-0.05, 0) is 23.8 Å². The topological polar surface area (TPSA) is 60.9 Å². The second kappa shape index (κ2) is 4.14. The van der Waals surface area contributed by atoms with Gasteiger partial charge in [0.1, 0.15) is 5.82 Å². The number of nitrogen functional groups attached to an aromatic ring is 1. The van der Waals surface area contributed by atoms with E-state index in [9.17, 15) is 9.18 Å². The molecule has 0 atom stereocenters. The van der Waals surface area contributed by atoms with E-state index in [1.54, 1.807) is 12.1 Å². The summed E-state index contributed by atoms with van der Waals surface area (Å²) in [7, 11) is 0. The molecular weight excluding hydrogens is 209 g/mol. The van der Waals surface area contributed by atoms with E-state index in [0.717, 1.165) is 0 Å². The number of benzene rings is 1. The van der Waals surface area contributed by atoms with Crippen molar-refractivity contribution in [1.29, 1.82) is 0 Å². The van der Waals surface area contributed by atoms with Crippen LogP contribution in [-0.2, 0) is 6.54 Å². The third-order valence-corrected chi connectivity index (χ3v) is 2.18. The zero-order valence-electron chi connectivity index (χ0n) is 8.43. The van der Waals surface area contributed by atoms with Crippen molar-refractivity contribution in [2.24, 2.45) is 0 Å². The minimum Gasteiger partial charge on any atom is -0.396 e. The molecule has 5 heteroatoms. The molecule has 2 aromatic rings. The molecule has 1 heterocycles. The molecule has 0 unspecified atom stereocenters. The maximum Gasteiger partial charge on any atom is 0.267 e. The summed E-state index contributed by atoms with van der Waals surface area (Å²) in [6.07, 6.45) is 1.51. The van der Waals surface area contributed by atoms with Crippen molar-refractivity contribution in [3.05, 3.63) is 58.3 Å². The van der Waals surface area contributed by atoms with Gasteiger partial charge in [0.25, 0.3) is 5.56 Å². The normalized spacial score (nSPS) is 10.3. The first-order valence-electron chi connectivity index (χ1n) is 4.73. The summed E-state index contributed by atoms with van der Waals surface area (Å²) in [6.45, 7) is 0.233. The number of halogens is 1. The summed E-state index contributed by atoms with van der Waals surface area (Å²) in [5.74, 6) is -0.485. The molecule has 0 saturated carbocycles. The monoisotopic (exact) mass is 219 g/mol. The molecule has 0 saturated heterocycles. The van der Waals surface area contributed by atoms with Gasteiger partial charge >= 0.3 is 0 Å². The molecule has 16 heavy (non-hydrogen) atoms. The number of nitrogens with zero attached hydrogens (tertiary/aromatic N) is 2. The molecule has 0 radical (unpaired) electrons. The fourth-order valence-electron chi connectivity index (χ4n) is 1.35. The quantitative estimate of drug-likeness (QED) is 0.767. The highest BCUT2D eigenvalue weighted by atomic mass is 19.1. The van der Waals surface area contributed by atoms with Gasteiger partial charge in [-0.2, -0.15) is 5.10 Å². The molecule has 0 aliphatic heterocycles. The highest BCUT2D eigenvalue weighted by Crippen LogP contribution is 2.12. The van der Waals surface area contributed by atoms with Crippen LogP contribution in [0.1, 0.15) is 5.56 Å². The Balaban J connectivity index is 2.31. The van der Waals surface area contributed by atoms with Crippen molar-refractivity contribution >= 4 is 5.69 Å². The van der Waals surface area contributed by atoms with E-state index in [0.29, 0.717) is 5.56 Å². The third kappa shape index (κ3) is 2.08. The number of nitrogens with two attached hydrogens (primary N) is 1. The van der Waals surface area contributed by atoms with Gasteiger partial charge in [0.15, 0.2) is 0 Å². The molecule has 0 bridgehead atoms. The molecule has 0 aliphatic rings. The number of aromatic nitrogens is 2. The van der Waals surface area contributed by atoms with Crippen LogP contribution in [0.2, 0.25) is 0 Å². The second-order valence-corrected chi connectivity index (χ2v) is 3.38. The molecule has 0 aliphatic carbocycles. The summed E-state index contributed by atoms with van der Waals surface area (Å²) >= 11 is 0. The zero-order chi connectivity index (χ0) is 11.5. The minimum absolute atomic E-state index is 0.0946. The van der Waals surface area contributed by atoms with Crippen LogP contribution in [0.3, 0.4) is 0 Å². The van der Waals surface area contributed by atoms with E-state index in [4.69, 9.17) is 5.73 Å². The van der Waals surface area contributed by atoms with Gasteiger partial charge in [-0.15, -0.1) is 0 Å². The van der Waals surface area contributed by atoms with Crippen LogP contribution in [0.4, 0.5) is 10.1 Å². The largest absolute Gasteiger partial charge is 0.396 e. The van der Waals surface area contributed by atoms with Gasteiger partial charge in [-0.25, -0.2) is 9.07 Å². The van der Waals surface area contributed by atoms with Crippen LogP contribution in [0.25, 0.3) is 0 Å². The van der Waals surface area contributed by atoms with Crippen LogP contribution in [-0.4, -0.2) is 9.78 Å². The molecule has 0 spiro atoms. The van der Waals surface area contributed by atoms with Gasteiger partial charge in [-0.3, -0.25) is 4.79 Å². The maximum absolute atomic E-state index is 13.1. The lowest BCUT2D eigenvalue weighted by Gasteiger charge is -2.04. The summed E-state index contributed by atoms with van der Waals surface area (Å²) in [5.41, 5.74) is 5.87. The van der Waals surface area contributed by atoms with Gasteiger partial charge in [0.2, 0.25) is 0 Å². The Morgan fingerprint density at radius 2 is 2.19 bits per heavy atom. The Morgan fingerprint density at radius 3 is 2.88 bits per heavy atom. The predicted octanol–water partition coefficient (Wildman–Crippen LogP) is 1.01. The fourth-order valence-corrected chi connectivity index (χ4v) is 1.35. The lowest BCUT2D eigenvalue weighted by molar-refractivity contribution is 0.613. The van der Waals surface area contributed by atoms with E-state index in [-0.39, 0.29) is 17.8 Å². The van der Waals surface area contributed by atoms with Crippen molar-refractivity contribution in [3.63, 3.8) is 0 Å². The molecule has 4 nitrogen and oxygen atoms in total.